The van der Waals surface area contributed by atoms with Crippen molar-refractivity contribution in [2.45, 2.75) is 13.0 Å². The third-order valence-electron chi connectivity index (χ3n) is 3.07. The predicted molar refractivity (Wildman–Crippen MR) is 83.8 cm³/mol. The van der Waals surface area contributed by atoms with E-state index < -0.39 is 11.7 Å². The topological polar surface area (TPSA) is 54.0 Å². The van der Waals surface area contributed by atoms with Crippen LogP contribution < -0.4 is 10.6 Å². The van der Waals surface area contributed by atoms with Crippen molar-refractivity contribution >= 4 is 27.7 Å². The van der Waals surface area contributed by atoms with Gasteiger partial charge in [-0.1, -0.05) is 28.1 Å². The minimum Gasteiger partial charge on any atom is -0.371 e. The molecule has 110 valence electrons. The fraction of sp³-hybridized carbons (Fsp3) is 0.200. The molecule has 2 N–H and O–H groups in total. The van der Waals surface area contributed by atoms with E-state index in [1.54, 1.807) is 7.05 Å². The Morgan fingerprint density at radius 1 is 1.38 bits per heavy atom. The molecular weight excluding hydrogens is 337 g/mol. The second-order valence-corrected chi connectivity index (χ2v) is 5.44. The first-order valence-corrected chi connectivity index (χ1v) is 7.20. The maximum Gasteiger partial charge on any atom is 0.254 e. The van der Waals surface area contributed by atoms with Gasteiger partial charge in [-0.3, -0.25) is 4.79 Å². The number of carbonyl (C=O) groups excluding carboxylic acids is 1. The molecule has 21 heavy (non-hydrogen) atoms. The summed E-state index contributed by atoms with van der Waals surface area (Å²) in [4.78, 5) is 16.0. The fourth-order valence-corrected chi connectivity index (χ4v) is 2.34. The van der Waals surface area contributed by atoms with E-state index in [2.05, 4.69) is 31.5 Å². The van der Waals surface area contributed by atoms with E-state index >= 15 is 0 Å². The van der Waals surface area contributed by atoms with Gasteiger partial charge in [0, 0.05) is 17.7 Å². The van der Waals surface area contributed by atoms with Gasteiger partial charge in [-0.2, -0.15) is 0 Å². The summed E-state index contributed by atoms with van der Waals surface area (Å²) in [5, 5.41) is 5.39. The van der Waals surface area contributed by atoms with Gasteiger partial charge in [0.25, 0.3) is 5.91 Å². The molecule has 1 atom stereocenters. The van der Waals surface area contributed by atoms with Crippen molar-refractivity contribution in [2.75, 3.05) is 12.4 Å². The molecule has 1 heterocycles. The van der Waals surface area contributed by atoms with E-state index in [9.17, 15) is 9.18 Å². The molecule has 6 heteroatoms. The number of benzene rings is 1. The van der Waals surface area contributed by atoms with Gasteiger partial charge in [-0.25, -0.2) is 9.37 Å². The smallest absolute Gasteiger partial charge is 0.254 e. The second-order valence-electron chi connectivity index (χ2n) is 4.52. The van der Waals surface area contributed by atoms with Crippen LogP contribution in [0.2, 0.25) is 0 Å². The zero-order valence-corrected chi connectivity index (χ0v) is 13.2. The maximum absolute atomic E-state index is 14.0. The fourth-order valence-electron chi connectivity index (χ4n) is 1.93. The highest BCUT2D eigenvalue weighted by molar-refractivity contribution is 9.10. The molecule has 2 rings (SSSR count). The molecule has 1 aromatic heterocycles. The Balaban J connectivity index is 2.18. The molecule has 2 aromatic rings. The number of hydrogen-bond donors (Lipinski definition) is 2. The number of pyridine rings is 1. The number of anilines is 1. The quantitative estimate of drug-likeness (QED) is 0.885. The van der Waals surface area contributed by atoms with Gasteiger partial charge >= 0.3 is 0 Å². The van der Waals surface area contributed by atoms with Gasteiger partial charge in [0.15, 0.2) is 11.6 Å². The number of aromatic nitrogens is 1. The summed E-state index contributed by atoms with van der Waals surface area (Å²) in [5.74, 6) is -1.07. The highest BCUT2D eigenvalue weighted by Crippen LogP contribution is 2.19. The van der Waals surface area contributed by atoms with Gasteiger partial charge in [0.2, 0.25) is 0 Å². The van der Waals surface area contributed by atoms with Crippen molar-refractivity contribution in [3.63, 3.8) is 0 Å². The van der Waals surface area contributed by atoms with Crippen molar-refractivity contribution in [3.05, 3.63) is 57.9 Å². The van der Waals surface area contributed by atoms with Crippen molar-refractivity contribution in [2.24, 2.45) is 0 Å². The number of rotatable bonds is 4. The first kappa shape index (κ1) is 15.4. The molecule has 1 unspecified atom stereocenters. The summed E-state index contributed by atoms with van der Waals surface area (Å²) in [6, 6.07) is 8.72. The Morgan fingerprint density at radius 2 is 2.14 bits per heavy atom. The Labute approximate surface area is 130 Å². The van der Waals surface area contributed by atoms with E-state index in [-0.39, 0.29) is 17.4 Å². The third kappa shape index (κ3) is 3.58. The largest absolute Gasteiger partial charge is 0.371 e. The minimum absolute atomic E-state index is 0.0313. The van der Waals surface area contributed by atoms with Crippen LogP contribution in [0.15, 0.2) is 41.0 Å². The van der Waals surface area contributed by atoms with E-state index in [1.165, 1.54) is 12.3 Å². The van der Waals surface area contributed by atoms with E-state index in [4.69, 9.17) is 0 Å². The van der Waals surface area contributed by atoms with E-state index in [0.29, 0.717) is 0 Å². The third-order valence-corrected chi connectivity index (χ3v) is 3.56. The summed E-state index contributed by atoms with van der Waals surface area (Å²) in [5.41, 5.74) is 0.900. The molecule has 0 spiro atoms. The highest BCUT2D eigenvalue weighted by Gasteiger charge is 2.17. The zero-order valence-electron chi connectivity index (χ0n) is 11.7. The molecule has 0 bridgehead atoms. The van der Waals surface area contributed by atoms with Crippen LogP contribution in [-0.4, -0.2) is 17.9 Å². The van der Waals surface area contributed by atoms with Crippen LogP contribution in [0.1, 0.15) is 28.9 Å². The molecule has 0 fully saturated rings. The van der Waals surface area contributed by atoms with Crippen molar-refractivity contribution in [1.82, 2.24) is 10.3 Å². The lowest BCUT2D eigenvalue weighted by Crippen LogP contribution is -2.27. The van der Waals surface area contributed by atoms with Crippen LogP contribution in [0.3, 0.4) is 0 Å². The number of halogens is 2. The van der Waals surface area contributed by atoms with Crippen LogP contribution >= 0.6 is 15.9 Å². The monoisotopic (exact) mass is 351 g/mol. The Bertz CT molecular complexity index is 663. The van der Waals surface area contributed by atoms with Gasteiger partial charge in [0.05, 0.1) is 11.6 Å². The standard InChI is InChI=1S/C15H15BrFN3O/c1-9(10-4-3-5-11(16)8-10)20-15(21)12-6-7-19-14(18-2)13(12)17/h3-9H,1-2H3,(H,18,19)(H,20,21). The predicted octanol–water partition coefficient (Wildman–Crippen LogP) is 3.52. The minimum atomic E-state index is -0.654. The molecule has 1 aromatic carbocycles. The van der Waals surface area contributed by atoms with Crippen molar-refractivity contribution in [1.29, 1.82) is 0 Å². The van der Waals surface area contributed by atoms with E-state index in [0.717, 1.165) is 10.0 Å². The zero-order chi connectivity index (χ0) is 15.4. The average Bonchev–Trinajstić information content (AvgIpc) is 2.47. The second kappa shape index (κ2) is 6.67. The number of hydrogen-bond acceptors (Lipinski definition) is 3. The van der Waals surface area contributed by atoms with Crippen LogP contribution in [0.4, 0.5) is 10.2 Å². The average molecular weight is 352 g/mol. The molecular formula is C15H15BrFN3O. The number of nitrogens with one attached hydrogen (secondary N) is 2. The SMILES string of the molecule is CNc1nccc(C(=O)NC(C)c2cccc(Br)c2)c1F. The highest BCUT2D eigenvalue weighted by atomic mass is 79.9. The summed E-state index contributed by atoms with van der Waals surface area (Å²) in [7, 11) is 1.55. The summed E-state index contributed by atoms with van der Waals surface area (Å²) in [6.07, 6.45) is 1.40. The Kier molecular flexibility index (Phi) is 4.90. The van der Waals surface area contributed by atoms with Crippen molar-refractivity contribution < 1.29 is 9.18 Å². The maximum atomic E-state index is 14.0. The summed E-state index contributed by atoms with van der Waals surface area (Å²) >= 11 is 3.38. The van der Waals surface area contributed by atoms with Crippen LogP contribution in [0.5, 0.6) is 0 Å². The Hall–Kier alpha value is -1.95. The molecule has 0 aliphatic rings. The number of carbonyl (C=O) groups is 1. The summed E-state index contributed by atoms with van der Waals surface area (Å²) in [6.45, 7) is 1.84. The van der Waals surface area contributed by atoms with Gasteiger partial charge in [-0.05, 0) is 30.7 Å². The molecule has 0 aliphatic carbocycles. The van der Waals surface area contributed by atoms with E-state index in [1.807, 2.05) is 31.2 Å². The van der Waals surface area contributed by atoms with Gasteiger partial charge in [0.1, 0.15) is 0 Å². The van der Waals surface area contributed by atoms with Crippen LogP contribution in [-0.2, 0) is 0 Å². The van der Waals surface area contributed by atoms with Crippen molar-refractivity contribution in [3.8, 4) is 0 Å². The lowest BCUT2D eigenvalue weighted by Gasteiger charge is -2.15. The number of amides is 1. The first-order chi connectivity index (χ1) is 10.0. The lowest BCUT2D eigenvalue weighted by atomic mass is 10.1. The van der Waals surface area contributed by atoms with Gasteiger partial charge in [-0.15, -0.1) is 0 Å². The number of nitrogens with zero attached hydrogens (tertiary/aromatic N) is 1. The summed E-state index contributed by atoms with van der Waals surface area (Å²) < 4.78 is 15.0. The normalized spacial score (nSPS) is 11.8. The molecule has 0 saturated carbocycles. The molecule has 0 saturated heterocycles. The lowest BCUT2D eigenvalue weighted by molar-refractivity contribution is 0.0935. The molecule has 1 amide bonds. The molecule has 0 aliphatic heterocycles. The van der Waals surface area contributed by atoms with Crippen LogP contribution in [0.25, 0.3) is 0 Å². The van der Waals surface area contributed by atoms with Gasteiger partial charge < -0.3 is 10.6 Å². The van der Waals surface area contributed by atoms with Crippen LogP contribution in [0, 0.1) is 5.82 Å². The molecule has 0 radical (unpaired) electrons. The molecule has 4 nitrogen and oxygen atoms in total. The Morgan fingerprint density at radius 3 is 2.81 bits per heavy atom. The first-order valence-electron chi connectivity index (χ1n) is 6.41.